The summed E-state index contributed by atoms with van der Waals surface area (Å²) in [5, 5.41) is 0.873. The molecule has 1 aliphatic rings. The first-order valence-corrected chi connectivity index (χ1v) is 12.9. The Balaban J connectivity index is 1.65. The maximum atomic E-state index is 13.2. The molecule has 0 fully saturated rings. The van der Waals surface area contributed by atoms with Gasteiger partial charge in [-0.05, 0) is 49.6 Å². The molecule has 0 amide bonds. The van der Waals surface area contributed by atoms with Crippen molar-refractivity contribution in [2.75, 3.05) is 11.5 Å². The van der Waals surface area contributed by atoms with Gasteiger partial charge in [0.15, 0.2) is 6.23 Å². The molecule has 39 heavy (non-hydrogen) atoms. The molecule has 2 heterocycles. The summed E-state index contributed by atoms with van der Waals surface area (Å²) in [5.41, 5.74) is 3.91. The number of hydrogen-bond donors (Lipinski definition) is 0. The Labute approximate surface area is 228 Å². The highest BCUT2D eigenvalue weighted by Gasteiger charge is 2.44. The Bertz CT molecular complexity index is 1500. The number of carbonyl (C=O) groups excluding carboxylic acids is 2. The molecule has 0 bridgehead atoms. The summed E-state index contributed by atoms with van der Waals surface area (Å²) in [5.74, 6) is -0.394. The molecule has 1 aromatic heterocycles. The number of carbonyl (C=O) groups is 2. The molecule has 0 radical (unpaired) electrons. The standard InChI is InChI=1S/C32H32N2O5/c1-5-19-37-31(36)38-29-28(24-16-10-12-18-27(24)33(29)20-22-13-7-6-8-14-22)25-21-34(30(35)39-32(2,3)4)26-17-11-9-15-23(25)26/h5-18,21,28-29H,1,19-20H2,2-4H3. The number of ether oxygens (including phenoxy) is 3. The molecule has 1 aliphatic heterocycles. The van der Waals surface area contributed by atoms with Crippen LogP contribution in [0.25, 0.3) is 10.9 Å². The van der Waals surface area contributed by atoms with Crippen LogP contribution in [0.5, 0.6) is 0 Å². The SMILES string of the molecule is C=CCOC(=O)OC1C(c2cn(C(=O)OC(C)(C)C)c3ccccc23)c2ccccc2N1Cc1ccccc1. The molecule has 5 rings (SSSR count). The zero-order valence-electron chi connectivity index (χ0n) is 22.4. The molecule has 3 aromatic carbocycles. The number of fused-ring (bicyclic) bond motifs is 2. The minimum Gasteiger partial charge on any atom is -0.443 e. The van der Waals surface area contributed by atoms with Crippen LogP contribution in [-0.4, -0.2) is 35.3 Å². The molecular weight excluding hydrogens is 492 g/mol. The van der Waals surface area contributed by atoms with Gasteiger partial charge in [-0.15, -0.1) is 0 Å². The van der Waals surface area contributed by atoms with Crippen molar-refractivity contribution in [2.45, 2.75) is 45.1 Å². The second kappa shape index (κ2) is 10.7. The second-order valence-electron chi connectivity index (χ2n) is 10.5. The Morgan fingerprint density at radius 3 is 2.36 bits per heavy atom. The first-order valence-electron chi connectivity index (χ1n) is 12.9. The number of rotatable bonds is 6. The Hall–Kier alpha value is -4.52. The van der Waals surface area contributed by atoms with Gasteiger partial charge in [-0.2, -0.15) is 0 Å². The van der Waals surface area contributed by atoms with E-state index in [9.17, 15) is 9.59 Å². The minimum atomic E-state index is -0.786. The van der Waals surface area contributed by atoms with Gasteiger partial charge in [0.2, 0.25) is 0 Å². The van der Waals surface area contributed by atoms with Crippen molar-refractivity contribution in [3.8, 4) is 0 Å². The lowest BCUT2D eigenvalue weighted by Crippen LogP contribution is -2.38. The molecule has 0 N–H and O–H groups in total. The lowest BCUT2D eigenvalue weighted by molar-refractivity contribution is 0.0255. The normalized spacial score (nSPS) is 16.5. The molecule has 0 saturated carbocycles. The van der Waals surface area contributed by atoms with Crippen LogP contribution in [0.2, 0.25) is 0 Å². The Kier molecular flexibility index (Phi) is 7.15. The summed E-state index contributed by atoms with van der Waals surface area (Å²) in [7, 11) is 0. The van der Waals surface area contributed by atoms with Crippen LogP contribution < -0.4 is 4.90 Å². The van der Waals surface area contributed by atoms with Crippen molar-refractivity contribution in [1.82, 2.24) is 4.57 Å². The molecule has 0 spiro atoms. The van der Waals surface area contributed by atoms with Gasteiger partial charge < -0.3 is 19.1 Å². The molecule has 200 valence electrons. The van der Waals surface area contributed by atoms with Crippen LogP contribution in [0.4, 0.5) is 15.3 Å². The fourth-order valence-electron chi connectivity index (χ4n) is 5.07. The zero-order valence-corrected chi connectivity index (χ0v) is 22.4. The quantitative estimate of drug-likeness (QED) is 0.196. The Morgan fingerprint density at radius 1 is 0.923 bits per heavy atom. The first kappa shape index (κ1) is 26.1. The smallest absolute Gasteiger partial charge is 0.443 e. The van der Waals surface area contributed by atoms with Gasteiger partial charge in [0.1, 0.15) is 12.2 Å². The molecular formula is C32H32N2O5. The van der Waals surface area contributed by atoms with E-state index in [0.717, 1.165) is 27.8 Å². The number of benzene rings is 3. The van der Waals surface area contributed by atoms with E-state index in [-0.39, 0.29) is 6.61 Å². The zero-order chi connectivity index (χ0) is 27.6. The third-order valence-corrected chi connectivity index (χ3v) is 6.57. The third kappa shape index (κ3) is 5.39. The van der Waals surface area contributed by atoms with Crippen LogP contribution in [0, 0.1) is 0 Å². The fraction of sp³-hybridized carbons (Fsp3) is 0.250. The first-order chi connectivity index (χ1) is 18.8. The van der Waals surface area contributed by atoms with E-state index in [0.29, 0.717) is 12.1 Å². The van der Waals surface area contributed by atoms with E-state index in [2.05, 4.69) is 11.5 Å². The molecule has 4 aromatic rings. The van der Waals surface area contributed by atoms with Crippen molar-refractivity contribution in [3.63, 3.8) is 0 Å². The predicted molar refractivity (Wildman–Crippen MR) is 151 cm³/mol. The summed E-state index contributed by atoms with van der Waals surface area (Å²) >= 11 is 0. The van der Waals surface area contributed by atoms with Crippen LogP contribution in [0.1, 0.15) is 43.4 Å². The molecule has 0 aliphatic carbocycles. The largest absolute Gasteiger partial charge is 0.510 e. The van der Waals surface area contributed by atoms with E-state index in [4.69, 9.17) is 14.2 Å². The summed E-state index contributed by atoms with van der Waals surface area (Å²) < 4.78 is 18.5. The lowest BCUT2D eigenvalue weighted by atomic mass is 9.91. The monoisotopic (exact) mass is 524 g/mol. The molecule has 7 nitrogen and oxygen atoms in total. The number of para-hydroxylation sites is 2. The van der Waals surface area contributed by atoms with Crippen LogP contribution in [0.3, 0.4) is 0 Å². The van der Waals surface area contributed by atoms with Gasteiger partial charge in [-0.3, -0.25) is 4.57 Å². The Morgan fingerprint density at radius 2 is 1.62 bits per heavy atom. The van der Waals surface area contributed by atoms with E-state index >= 15 is 0 Å². The second-order valence-corrected chi connectivity index (χ2v) is 10.5. The summed E-state index contributed by atoms with van der Waals surface area (Å²) in [4.78, 5) is 28.1. The summed E-state index contributed by atoms with van der Waals surface area (Å²) in [6.07, 6.45) is 1.32. The van der Waals surface area contributed by atoms with Crippen molar-refractivity contribution in [1.29, 1.82) is 0 Å². The summed E-state index contributed by atoms with van der Waals surface area (Å²) in [6, 6.07) is 25.7. The van der Waals surface area contributed by atoms with E-state index < -0.39 is 30.0 Å². The van der Waals surface area contributed by atoms with Gasteiger partial charge >= 0.3 is 12.2 Å². The maximum absolute atomic E-state index is 13.2. The molecule has 2 atom stereocenters. The van der Waals surface area contributed by atoms with Gasteiger partial charge in [-0.25, -0.2) is 9.59 Å². The average Bonchev–Trinajstić information content (AvgIpc) is 3.43. The maximum Gasteiger partial charge on any atom is 0.510 e. The van der Waals surface area contributed by atoms with Crippen molar-refractivity contribution in [2.24, 2.45) is 0 Å². The van der Waals surface area contributed by atoms with Gasteiger partial charge in [0.05, 0.1) is 11.4 Å². The predicted octanol–water partition coefficient (Wildman–Crippen LogP) is 7.24. The van der Waals surface area contributed by atoms with Crippen LogP contribution >= 0.6 is 0 Å². The summed E-state index contributed by atoms with van der Waals surface area (Å²) in [6.45, 7) is 9.69. The number of aromatic nitrogens is 1. The van der Waals surface area contributed by atoms with Gasteiger partial charge in [0, 0.05) is 23.8 Å². The van der Waals surface area contributed by atoms with Crippen molar-refractivity contribution >= 4 is 28.8 Å². The highest BCUT2D eigenvalue weighted by molar-refractivity contribution is 5.93. The van der Waals surface area contributed by atoms with E-state index in [1.165, 1.54) is 10.6 Å². The average molecular weight is 525 g/mol. The minimum absolute atomic E-state index is 0.0415. The molecule has 2 unspecified atom stereocenters. The molecule has 7 heteroatoms. The van der Waals surface area contributed by atoms with Crippen molar-refractivity contribution < 1.29 is 23.8 Å². The highest BCUT2D eigenvalue weighted by atomic mass is 16.7. The molecule has 0 saturated heterocycles. The van der Waals surface area contributed by atoms with Crippen LogP contribution in [-0.2, 0) is 20.8 Å². The number of anilines is 1. The highest BCUT2D eigenvalue weighted by Crippen LogP contribution is 2.48. The fourth-order valence-corrected chi connectivity index (χ4v) is 5.07. The topological polar surface area (TPSA) is 70.0 Å². The lowest BCUT2D eigenvalue weighted by Gasteiger charge is -2.29. The van der Waals surface area contributed by atoms with E-state index in [1.54, 1.807) is 6.20 Å². The number of hydrogen-bond acceptors (Lipinski definition) is 6. The van der Waals surface area contributed by atoms with Crippen molar-refractivity contribution in [3.05, 3.63) is 114 Å². The third-order valence-electron chi connectivity index (χ3n) is 6.57. The number of nitrogens with zero attached hydrogens (tertiary/aromatic N) is 2. The van der Waals surface area contributed by atoms with Crippen LogP contribution in [0.15, 0.2) is 97.7 Å². The van der Waals surface area contributed by atoms with Gasteiger partial charge in [-0.1, -0.05) is 79.4 Å². The van der Waals surface area contributed by atoms with Gasteiger partial charge in [0.25, 0.3) is 0 Å². The van der Waals surface area contributed by atoms with E-state index in [1.807, 2.05) is 99.6 Å².